The third-order valence-electron chi connectivity index (χ3n) is 3.27. The number of halogens is 1. The van der Waals surface area contributed by atoms with Crippen LogP contribution in [-0.4, -0.2) is 29.9 Å². The fraction of sp³-hybridized carbons (Fsp3) is 0.462. The van der Waals surface area contributed by atoms with Crippen LogP contribution in [0.5, 0.6) is 0 Å². The molecule has 1 fully saturated rings. The summed E-state index contributed by atoms with van der Waals surface area (Å²) >= 11 is 0. The van der Waals surface area contributed by atoms with E-state index >= 15 is 0 Å². The van der Waals surface area contributed by atoms with Gasteiger partial charge in [0, 0.05) is 19.1 Å². The lowest BCUT2D eigenvalue weighted by molar-refractivity contribution is 0.0736. The van der Waals surface area contributed by atoms with Crippen LogP contribution < -0.4 is 5.73 Å². The molecular weight excluding hydrogens is 219 g/mol. The van der Waals surface area contributed by atoms with Gasteiger partial charge in [-0.3, -0.25) is 4.79 Å². The number of likely N-dealkylation sites (tertiary alicyclic amines) is 1. The maximum atomic E-state index is 13.7. The van der Waals surface area contributed by atoms with Crippen molar-refractivity contribution in [2.45, 2.75) is 25.8 Å². The number of hydrogen-bond donors (Lipinski definition) is 1. The summed E-state index contributed by atoms with van der Waals surface area (Å²) in [6, 6.07) is 4.76. The van der Waals surface area contributed by atoms with Crippen molar-refractivity contribution in [1.29, 1.82) is 0 Å². The van der Waals surface area contributed by atoms with Crippen LogP contribution in [0.15, 0.2) is 18.2 Å². The van der Waals surface area contributed by atoms with E-state index in [1.165, 1.54) is 6.07 Å². The standard InChI is InChI=1S/C13H17FN2O/c1-9-4-5-11(12(14)7-9)13(17)16-6-2-3-10(16)8-15/h4-5,7,10H,2-3,6,8,15H2,1H3. The molecule has 0 radical (unpaired) electrons. The lowest BCUT2D eigenvalue weighted by Crippen LogP contribution is -2.40. The third kappa shape index (κ3) is 2.31. The summed E-state index contributed by atoms with van der Waals surface area (Å²) < 4.78 is 13.7. The molecule has 92 valence electrons. The van der Waals surface area contributed by atoms with Gasteiger partial charge in [-0.15, -0.1) is 0 Å². The highest BCUT2D eigenvalue weighted by molar-refractivity contribution is 5.95. The second kappa shape index (κ2) is 4.84. The summed E-state index contributed by atoms with van der Waals surface area (Å²) in [7, 11) is 0. The van der Waals surface area contributed by atoms with Crippen molar-refractivity contribution in [1.82, 2.24) is 4.90 Å². The molecule has 0 spiro atoms. The van der Waals surface area contributed by atoms with Crippen LogP contribution in [0.1, 0.15) is 28.8 Å². The van der Waals surface area contributed by atoms with Gasteiger partial charge in [0.2, 0.25) is 0 Å². The third-order valence-corrected chi connectivity index (χ3v) is 3.27. The second-order valence-corrected chi connectivity index (χ2v) is 4.51. The number of hydrogen-bond acceptors (Lipinski definition) is 2. The summed E-state index contributed by atoms with van der Waals surface area (Å²) in [5.74, 6) is -0.687. The van der Waals surface area contributed by atoms with E-state index in [0.29, 0.717) is 13.1 Å². The highest BCUT2D eigenvalue weighted by Gasteiger charge is 2.29. The summed E-state index contributed by atoms with van der Waals surface area (Å²) in [4.78, 5) is 13.9. The Morgan fingerprint density at radius 1 is 1.59 bits per heavy atom. The van der Waals surface area contributed by atoms with Gasteiger partial charge < -0.3 is 10.6 Å². The molecule has 0 aromatic heterocycles. The molecule has 1 aliphatic rings. The molecular formula is C13H17FN2O. The molecule has 3 nitrogen and oxygen atoms in total. The molecule has 17 heavy (non-hydrogen) atoms. The van der Waals surface area contributed by atoms with Gasteiger partial charge in [0.15, 0.2) is 0 Å². The largest absolute Gasteiger partial charge is 0.334 e. The summed E-state index contributed by atoms with van der Waals surface area (Å²) in [5.41, 5.74) is 6.58. The van der Waals surface area contributed by atoms with E-state index in [1.54, 1.807) is 24.0 Å². The quantitative estimate of drug-likeness (QED) is 0.849. The van der Waals surface area contributed by atoms with Gasteiger partial charge in [0.1, 0.15) is 5.82 Å². The predicted octanol–water partition coefficient (Wildman–Crippen LogP) is 1.70. The monoisotopic (exact) mass is 236 g/mol. The maximum absolute atomic E-state index is 13.7. The van der Waals surface area contributed by atoms with Crippen molar-refractivity contribution in [3.8, 4) is 0 Å². The molecule has 2 rings (SSSR count). The smallest absolute Gasteiger partial charge is 0.257 e. The Labute approximate surface area is 100 Å². The van der Waals surface area contributed by atoms with Crippen LogP contribution in [0.3, 0.4) is 0 Å². The van der Waals surface area contributed by atoms with Crippen molar-refractivity contribution in [2.75, 3.05) is 13.1 Å². The van der Waals surface area contributed by atoms with Gasteiger partial charge in [-0.25, -0.2) is 4.39 Å². The molecule has 1 amide bonds. The predicted molar refractivity (Wildman–Crippen MR) is 64.2 cm³/mol. The van der Waals surface area contributed by atoms with Gasteiger partial charge in [-0.05, 0) is 37.5 Å². The van der Waals surface area contributed by atoms with Crippen molar-refractivity contribution < 1.29 is 9.18 Å². The number of carbonyl (C=O) groups is 1. The number of rotatable bonds is 2. The molecule has 0 saturated carbocycles. The van der Waals surface area contributed by atoms with Crippen molar-refractivity contribution >= 4 is 5.91 Å². The normalized spacial score (nSPS) is 19.7. The summed E-state index contributed by atoms with van der Waals surface area (Å²) in [5, 5.41) is 0. The number of nitrogens with two attached hydrogens (primary N) is 1. The Morgan fingerprint density at radius 3 is 3.00 bits per heavy atom. The van der Waals surface area contributed by atoms with E-state index in [9.17, 15) is 9.18 Å². The number of nitrogens with zero attached hydrogens (tertiary/aromatic N) is 1. The Kier molecular flexibility index (Phi) is 3.43. The topological polar surface area (TPSA) is 46.3 Å². The van der Waals surface area contributed by atoms with E-state index in [0.717, 1.165) is 18.4 Å². The molecule has 1 saturated heterocycles. The molecule has 1 aromatic rings. The fourth-order valence-corrected chi connectivity index (χ4v) is 2.30. The zero-order chi connectivity index (χ0) is 12.4. The zero-order valence-electron chi connectivity index (χ0n) is 9.95. The minimum atomic E-state index is -0.447. The van der Waals surface area contributed by atoms with E-state index < -0.39 is 5.82 Å². The minimum absolute atomic E-state index is 0.0585. The number of carbonyl (C=O) groups excluding carboxylic acids is 1. The summed E-state index contributed by atoms with van der Waals surface area (Å²) in [6.45, 7) is 2.92. The van der Waals surface area contributed by atoms with Crippen LogP contribution >= 0.6 is 0 Å². The van der Waals surface area contributed by atoms with Crippen LogP contribution in [0, 0.1) is 12.7 Å². The first-order valence-electron chi connectivity index (χ1n) is 5.90. The molecule has 0 aliphatic carbocycles. The molecule has 2 N–H and O–H groups in total. The van der Waals surface area contributed by atoms with Gasteiger partial charge in [0.05, 0.1) is 5.56 Å². The van der Waals surface area contributed by atoms with Gasteiger partial charge in [-0.1, -0.05) is 6.07 Å². The molecule has 1 heterocycles. The lowest BCUT2D eigenvalue weighted by atomic mass is 10.1. The van der Waals surface area contributed by atoms with Crippen LogP contribution in [-0.2, 0) is 0 Å². The van der Waals surface area contributed by atoms with E-state index in [1.807, 2.05) is 0 Å². The number of aryl methyl sites for hydroxylation is 1. The first kappa shape index (κ1) is 12.0. The number of amides is 1. The van der Waals surface area contributed by atoms with Crippen LogP contribution in [0.2, 0.25) is 0 Å². The van der Waals surface area contributed by atoms with Gasteiger partial charge in [-0.2, -0.15) is 0 Å². The SMILES string of the molecule is Cc1ccc(C(=O)N2CCCC2CN)c(F)c1. The van der Waals surface area contributed by atoms with E-state index in [-0.39, 0.29) is 17.5 Å². The Hall–Kier alpha value is -1.42. The van der Waals surface area contributed by atoms with E-state index in [4.69, 9.17) is 5.73 Å². The average molecular weight is 236 g/mol. The zero-order valence-corrected chi connectivity index (χ0v) is 9.95. The maximum Gasteiger partial charge on any atom is 0.257 e. The fourth-order valence-electron chi connectivity index (χ4n) is 2.30. The first-order valence-corrected chi connectivity index (χ1v) is 5.90. The second-order valence-electron chi connectivity index (χ2n) is 4.51. The highest BCUT2D eigenvalue weighted by Crippen LogP contribution is 2.21. The molecule has 4 heteroatoms. The molecule has 0 bridgehead atoms. The van der Waals surface area contributed by atoms with Crippen LogP contribution in [0.25, 0.3) is 0 Å². The van der Waals surface area contributed by atoms with E-state index in [2.05, 4.69) is 0 Å². The minimum Gasteiger partial charge on any atom is -0.334 e. The average Bonchev–Trinajstić information content (AvgIpc) is 2.76. The van der Waals surface area contributed by atoms with Gasteiger partial charge >= 0.3 is 0 Å². The van der Waals surface area contributed by atoms with Crippen LogP contribution in [0.4, 0.5) is 4.39 Å². The Balaban J connectivity index is 2.24. The summed E-state index contributed by atoms with van der Waals surface area (Å²) in [6.07, 6.45) is 1.86. The van der Waals surface area contributed by atoms with Gasteiger partial charge in [0.25, 0.3) is 5.91 Å². The Morgan fingerprint density at radius 2 is 2.35 bits per heavy atom. The molecule has 1 unspecified atom stereocenters. The highest BCUT2D eigenvalue weighted by atomic mass is 19.1. The van der Waals surface area contributed by atoms with Crippen molar-refractivity contribution in [3.63, 3.8) is 0 Å². The molecule has 1 aliphatic heterocycles. The Bertz CT molecular complexity index is 433. The lowest BCUT2D eigenvalue weighted by Gasteiger charge is -2.23. The first-order chi connectivity index (χ1) is 8.13. The van der Waals surface area contributed by atoms with Crippen molar-refractivity contribution in [2.24, 2.45) is 5.73 Å². The molecule has 1 aromatic carbocycles. The number of benzene rings is 1. The van der Waals surface area contributed by atoms with Crippen molar-refractivity contribution in [3.05, 3.63) is 35.1 Å². The molecule has 1 atom stereocenters.